The molecule has 5 nitrogen and oxygen atoms in total. The van der Waals surface area contributed by atoms with Crippen molar-refractivity contribution in [3.8, 4) is 11.5 Å². The fourth-order valence-corrected chi connectivity index (χ4v) is 7.38. The topological polar surface area (TPSA) is 52.8 Å². The summed E-state index contributed by atoms with van der Waals surface area (Å²) in [4.78, 5) is 20.8. The van der Waals surface area contributed by atoms with E-state index in [1.165, 1.54) is 28.5 Å². The van der Waals surface area contributed by atoms with Crippen LogP contribution < -0.4 is 24.4 Å². The predicted molar refractivity (Wildman–Crippen MR) is 161 cm³/mol. The normalized spacial score (nSPS) is 16.0. The lowest BCUT2D eigenvalue weighted by Gasteiger charge is -2.30. The zero-order valence-corrected chi connectivity index (χ0v) is 23.8. The molecule has 1 atom stereocenters. The van der Waals surface area contributed by atoms with E-state index in [2.05, 4.69) is 35.7 Å². The van der Waals surface area contributed by atoms with Crippen LogP contribution in [0, 0.1) is 5.82 Å². The number of aromatic nitrogens is 1. The number of nitrogens with zero attached hydrogens (tertiary/aromatic N) is 2. The summed E-state index contributed by atoms with van der Waals surface area (Å²) in [6.45, 7) is 0.0808. The zero-order chi connectivity index (χ0) is 27.9. The molecule has 3 heterocycles. The van der Waals surface area contributed by atoms with Crippen LogP contribution in [0.25, 0.3) is 11.8 Å². The third kappa shape index (κ3) is 4.63. The lowest BCUT2D eigenvalue weighted by molar-refractivity contribution is 0.279. The minimum atomic E-state index is -0.315. The summed E-state index contributed by atoms with van der Waals surface area (Å²) in [5, 5.41) is 2.06. The highest BCUT2D eigenvalue weighted by atomic mass is 32.1. The smallest absolute Gasteiger partial charge is 0.271 e. The number of ether oxygens (including phenoxy) is 2. The Balaban J connectivity index is 1.29. The standard InChI is InChI=1S/C33H25FN2O3S2/c1-38-27-17-20(12-15-26(27)39-19-22-8-3-5-10-25(22)34)18-29-32(37)36-31(28-11-6-16-40-28)24-14-13-21-7-2-4-9-23(21)30(24)35-33(36)41-29/h2-12,15-18,31H,13-14,19H2,1H3/b29-18-/t31-/m1/s1. The van der Waals surface area contributed by atoms with Crippen molar-refractivity contribution in [2.45, 2.75) is 25.5 Å². The average Bonchev–Trinajstić information content (AvgIpc) is 3.64. The van der Waals surface area contributed by atoms with Crippen molar-refractivity contribution in [2.75, 3.05) is 7.11 Å². The monoisotopic (exact) mass is 580 g/mol. The van der Waals surface area contributed by atoms with Gasteiger partial charge in [0.05, 0.1) is 23.4 Å². The maximum absolute atomic E-state index is 14.0. The van der Waals surface area contributed by atoms with Crippen LogP contribution in [0.5, 0.6) is 11.5 Å². The van der Waals surface area contributed by atoms with Gasteiger partial charge >= 0.3 is 0 Å². The third-order valence-electron chi connectivity index (χ3n) is 7.51. The Morgan fingerprint density at radius 2 is 1.88 bits per heavy atom. The number of rotatable bonds is 6. The minimum Gasteiger partial charge on any atom is -0.493 e. The SMILES string of the molecule is COc1cc(/C=c2\sc3n(c2=O)[C@@H](c2cccs2)C2=C(N=3)c3ccccc3CC2)ccc1OCc1ccccc1F. The van der Waals surface area contributed by atoms with E-state index in [0.717, 1.165) is 34.5 Å². The number of thiophene rings is 1. The van der Waals surface area contributed by atoms with Crippen LogP contribution >= 0.6 is 22.7 Å². The number of allylic oxidation sites excluding steroid dienone is 1. The van der Waals surface area contributed by atoms with Gasteiger partial charge in [-0.2, -0.15) is 0 Å². The number of thiazole rings is 1. The molecule has 1 aliphatic heterocycles. The van der Waals surface area contributed by atoms with Crippen LogP contribution in [0.15, 0.2) is 99.6 Å². The zero-order valence-electron chi connectivity index (χ0n) is 22.2. The van der Waals surface area contributed by atoms with Gasteiger partial charge < -0.3 is 9.47 Å². The molecule has 0 radical (unpaired) electrons. The van der Waals surface area contributed by atoms with Crippen molar-refractivity contribution in [1.29, 1.82) is 0 Å². The molecule has 0 bridgehead atoms. The second-order valence-electron chi connectivity index (χ2n) is 9.92. The summed E-state index contributed by atoms with van der Waals surface area (Å²) in [6.07, 6.45) is 3.67. The molecule has 41 heavy (non-hydrogen) atoms. The van der Waals surface area contributed by atoms with Gasteiger partial charge in [-0.15, -0.1) is 11.3 Å². The van der Waals surface area contributed by atoms with Gasteiger partial charge in [0.1, 0.15) is 12.4 Å². The Labute approximate surface area is 243 Å². The summed E-state index contributed by atoms with van der Waals surface area (Å²) >= 11 is 3.07. The fraction of sp³-hybridized carbons (Fsp3) is 0.152. The lowest BCUT2D eigenvalue weighted by Crippen LogP contribution is -2.38. The number of hydrogen-bond acceptors (Lipinski definition) is 6. The summed E-state index contributed by atoms with van der Waals surface area (Å²) in [6, 6.07) is 24.4. The molecular formula is C33H25FN2O3S2. The first-order chi connectivity index (χ1) is 20.1. The summed E-state index contributed by atoms with van der Waals surface area (Å²) < 4.78 is 27.9. The molecule has 3 aromatic carbocycles. The lowest BCUT2D eigenvalue weighted by atomic mass is 9.85. The van der Waals surface area contributed by atoms with E-state index in [1.807, 2.05) is 28.8 Å². The van der Waals surface area contributed by atoms with Gasteiger partial charge in [0.2, 0.25) is 0 Å². The van der Waals surface area contributed by atoms with Crippen LogP contribution in [0.3, 0.4) is 0 Å². The number of methoxy groups -OCH3 is 1. The van der Waals surface area contributed by atoms with E-state index < -0.39 is 0 Å². The van der Waals surface area contributed by atoms with E-state index >= 15 is 0 Å². The third-order valence-corrected chi connectivity index (χ3v) is 9.42. The molecule has 204 valence electrons. The van der Waals surface area contributed by atoms with E-state index in [1.54, 1.807) is 42.7 Å². The number of fused-ring (bicyclic) bond motifs is 3. The van der Waals surface area contributed by atoms with Crippen molar-refractivity contribution in [3.63, 3.8) is 0 Å². The van der Waals surface area contributed by atoms with Crippen LogP contribution in [-0.4, -0.2) is 11.7 Å². The molecule has 0 amide bonds. The van der Waals surface area contributed by atoms with Gasteiger partial charge in [-0.3, -0.25) is 9.36 Å². The number of halogens is 1. The highest BCUT2D eigenvalue weighted by Gasteiger charge is 2.33. The molecular weight excluding hydrogens is 556 g/mol. The highest BCUT2D eigenvalue weighted by Crippen LogP contribution is 2.42. The van der Waals surface area contributed by atoms with Crippen LogP contribution in [0.1, 0.15) is 39.6 Å². The van der Waals surface area contributed by atoms with E-state index in [-0.39, 0.29) is 24.0 Å². The molecule has 0 N–H and O–H groups in total. The van der Waals surface area contributed by atoms with Crippen LogP contribution in [-0.2, 0) is 13.0 Å². The van der Waals surface area contributed by atoms with Crippen LogP contribution in [0.2, 0.25) is 0 Å². The van der Waals surface area contributed by atoms with E-state index in [4.69, 9.17) is 14.5 Å². The largest absolute Gasteiger partial charge is 0.493 e. The maximum atomic E-state index is 14.0. The van der Waals surface area contributed by atoms with E-state index in [9.17, 15) is 9.18 Å². The first-order valence-electron chi connectivity index (χ1n) is 13.3. The van der Waals surface area contributed by atoms with E-state index in [0.29, 0.717) is 26.4 Å². The maximum Gasteiger partial charge on any atom is 0.271 e. The molecule has 0 saturated carbocycles. The first-order valence-corrected chi connectivity index (χ1v) is 15.0. The first kappa shape index (κ1) is 25.7. The predicted octanol–water partition coefficient (Wildman–Crippen LogP) is 6.11. The highest BCUT2D eigenvalue weighted by molar-refractivity contribution is 7.10. The Morgan fingerprint density at radius 3 is 2.71 bits per heavy atom. The molecule has 2 aromatic heterocycles. The molecule has 0 fully saturated rings. The van der Waals surface area contributed by atoms with Gasteiger partial charge in [-0.25, -0.2) is 9.38 Å². The van der Waals surface area contributed by atoms with Gasteiger partial charge in [-0.05, 0) is 65.3 Å². The van der Waals surface area contributed by atoms with Crippen molar-refractivity contribution >= 4 is 34.4 Å². The van der Waals surface area contributed by atoms with Gasteiger partial charge in [0, 0.05) is 16.0 Å². The molecule has 5 aromatic rings. The Bertz CT molecular complexity index is 1990. The molecule has 0 saturated heterocycles. The summed E-state index contributed by atoms with van der Waals surface area (Å²) in [5.41, 5.74) is 5.85. The van der Waals surface area contributed by atoms with Crippen molar-refractivity contribution in [2.24, 2.45) is 4.99 Å². The van der Waals surface area contributed by atoms with Crippen molar-refractivity contribution in [1.82, 2.24) is 4.57 Å². The fourth-order valence-electron chi connectivity index (χ4n) is 5.53. The number of aryl methyl sites for hydroxylation is 1. The molecule has 8 heteroatoms. The molecule has 0 unspecified atom stereocenters. The number of benzene rings is 3. The Hall–Kier alpha value is -4.27. The minimum absolute atomic E-state index is 0.0589. The second-order valence-corrected chi connectivity index (χ2v) is 11.9. The molecule has 7 rings (SSSR count). The van der Waals surface area contributed by atoms with Crippen molar-refractivity contribution < 1.29 is 13.9 Å². The van der Waals surface area contributed by atoms with Crippen LogP contribution in [0.4, 0.5) is 4.39 Å². The summed E-state index contributed by atoms with van der Waals surface area (Å²) in [7, 11) is 1.56. The van der Waals surface area contributed by atoms with Gasteiger partial charge in [-0.1, -0.05) is 65.9 Å². The molecule has 2 aliphatic rings. The average molecular weight is 581 g/mol. The Kier molecular flexibility index (Phi) is 6.65. The van der Waals surface area contributed by atoms with Crippen molar-refractivity contribution in [3.05, 3.63) is 142 Å². The molecule has 0 spiro atoms. The second kappa shape index (κ2) is 10.6. The molecule has 1 aliphatic carbocycles. The number of hydrogen-bond donors (Lipinski definition) is 0. The van der Waals surface area contributed by atoms with Gasteiger partial charge in [0.15, 0.2) is 16.3 Å². The Morgan fingerprint density at radius 1 is 1.02 bits per heavy atom. The van der Waals surface area contributed by atoms with Gasteiger partial charge in [0.25, 0.3) is 5.56 Å². The summed E-state index contributed by atoms with van der Waals surface area (Å²) in [5.74, 6) is 0.689. The quantitative estimate of drug-likeness (QED) is 0.244.